The Morgan fingerprint density at radius 1 is 1.03 bits per heavy atom. The minimum Gasteiger partial charge on any atom is -0.427 e. The molecule has 10 nitrogen and oxygen atoms in total. The maximum absolute atomic E-state index is 12.4. The molecule has 0 saturated carbocycles. The van der Waals surface area contributed by atoms with E-state index in [0.29, 0.717) is 17.9 Å². The Morgan fingerprint density at radius 3 is 2.54 bits per heavy atom. The molecule has 0 saturated heterocycles. The number of nitrogens with zero attached hydrogens (tertiary/aromatic N) is 7. The molecule has 1 aromatic carbocycles. The first kappa shape index (κ1) is 22.3. The lowest BCUT2D eigenvalue weighted by molar-refractivity contribution is -0.00894. The number of aryl methyl sites for hydroxylation is 1. The van der Waals surface area contributed by atoms with Crippen molar-refractivity contribution in [2.45, 2.75) is 32.9 Å². The van der Waals surface area contributed by atoms with E-state index < -0.39 is 11.8 Å². The molecule has 0 aliphatic rings. The molecule has 10 heteroatoms. The van der Waals surface area contributed by atoms with Crippen LogP contribution in [0, 0.1) is 0 Å². The number of hydrogen-bond acceptors (Lipinski definition) is 7. The topological polar surface area (TPSA) is 102 Å². The van der Waals surface area contributed by atoms with Crippen LogP contribution in [0.1, 0.15) is 26.3 Å². The van der Waals surface area contributed by atoms with Gasteiger partial charge in [-0.25, -0.2) is 14.5 Å². The number of fused-ring (bicyclic) bond motifs is 1. The minimum atomic E-state index is -0.827. The fourth-order valence-electron chi connectivity index (χ4n) is 3.70. The Hall–Kier alpha value is -4.47. The Bertz CT molecular complexity index is 1490. The van der Waals surface area contributed by atoms with Crippen molar-refractivity contribution in [2.75, 3.05) is 0 Å². The number of aromatic nitrogens is 7. The van der Waals surface area contributed by atoms with Crippen molar-refractivity contribution >= 4 is 17.2 Å². The first-order valence-corrected chi connectivity index (χ1v) is 11.1. The number of pyridine rings is 1. The fraction of sp³-hybridized carbons (Fsp3) is 0.240. The van der Waals surface area contributed by atoms with Gasteiger partial charge in [-0.05, 0) is 32.4 Å². The van der Waals surface area contributed by atoms with Crippen LogP contribution in [0.2, 0.25) is 0 Å². The summed E-state index contributed by atoms with van der Waals surface area (Å²) in [6, 6.07) is 12.0. The molecule has 0 fully saturated rings. The standard InChI is InChI=1S/C25H25N7O3/c1-25(2,3)34-24(33)35-32-15-21(22-16-31(29-28-22)13-17-8-6-5-7-9-17)20-10-18(11-26-23(20)32)19-12-27-30(4)14-19/h5-12,14-16H,13H2,1-4H3. The van der Waals surface area contributed by atoms with Gasteiger partial charge in [-0.15, -0.1) is 5.10 Å². The second kappa shape index (κ2) is 8.71. The SMILES string of the molecule is Cn1cc(-c2cnc3c(c2)c(-c2cn(Cc4ccccc4)nn2)cn3OC(=O)OC(C)(C)C)cn1. The van der Waals surface area contributed by atoms with E-state index in [-0.39, 0.29) is 0 Å². The van der Waals surface area contributed by atoms with Crippen LogP contribution in [0.3, 0.4) is 0 Å². The second-order valence-corrected chi connectivity index (χ2v) is 9.21. The van der Waals surface area contributed by atoms with Crippen molar-refractivity contribution in [1.29, 1.82) is 0 Å². The number of benzene rings is 1. The molecule has 0 aliphatic heterocycles. The average molecular weight is 472 g/mol. The van der Waals surface area contributed by atoms with Gasteiger partial charge in [-0.3, -0.25) is 9.52 Å². The Labute approximate surface area is 201 Å². The van der Waals surface area contributed by atoms with Crippen LogP contribution in [0.5, 0.6) is 0 Å². The molecule has 0 N–H and O–H groups in total. The zero-order valence-corrected chi connectivity index (χ0v) is 19.9. The van der Waals surface area contributed by atoms with Crippen molar-refractivity contribution in [3.8, 4) is 22.4 Å². The summed E-state index contributed by atoms with van der Waals surface area (Å²) in [6.07, 6.45) is 8.10. The van der Waals surface area contributed by atoms with Gasteiger partial charge in [0.15, 0.2) is 5.65 Å². The van der Waals surface area contributed by atoms with Crippen molar-refractivity contribution in [3.63, 3.8) is 0 Å². The third kappa shape index (κ3) is 4.91. The summed E-state index contributed by atoms with van der Waals surface area (Å²) in [5.41, 5.74) is 4.02. The van der Waals surface area contributed by atoms with Gasteiger partial charge in [0, 0.05) is 41.5 Å². The normalized spacial score (nSPS) is 11.7. The lowest BCUT2D eigenvalue weighted by atomic mass is 10.1. The summed E-state index contributed by atoms with van der Waals surface area (Å²) in [6.45, 7) is 5.91. The molecule has 35 heavy (non-hydrogen) atoms. The van der Waals surface area contributed by atoms with E-state index >= 15 is 0 Å². The molecular weight excluding hydrogens is 446 g/mol. The maximum atomic E-state index is 12.4. The highest BCUT2D eigenvalue weighted by Crippen LogP contribution is 2.31. The molecule has 4 heterocycles. The van der Waals surface area contributed by atoms with Gasteiger partial charge in [-0.1, -0.05) is 35.5 Å². The number of hydrogen-bond donors (Lipinski definition) is 0. The van der Waals surface area contributed by atoms with E-state index in [1.54, 1.807) is 48.7 Å². The van der Waals surface area contributed by atoms with Crippen LogP contribution in [-0.2, 0) is 18.3 Å². The summed E-state index contributed by atoms with van der Waals surface area (Å²) in [4.78, 5) is 22.4. The molecule has 0 spiro atoms. The minimum absolute atomic E-state index is 0.455. The summed E-state index contributed by atoms with van der Waals surface area (Å²) in [5.74, 6) is 0. The predicted octanol–water partition coefficient (Wildman–Crippen LogP) is 4.11. The summed E-state index contributed by atoms with van der Waals surface area (Å²) >= 11 is 0. The van der Waals surface area contributed by atoms with Gasteiger partial charge in [0.2, 0.25) is 0 Å². The number of ether oxygens (including phenoxy) is 1. The molecule has 5 aromatic rings. The first-order chi connectivity index (χ1) is 16.7. The van der Waals surface area contributed by atoms with Gasteiger partial charge in [0.25, 0.3) is 0 Å². The molecule has 5 rings (SSSR count). The Kier molecular flexibility index (Phi) is 5.56. The molecule has 0 unspecified atom stereocenters. The van der Waals surface area contributed by atoms with Crippen molar-refractivity contribution < 1.29 is 14.4 Å². The zero-order valence-electron chi connectivity index (χ0n) is 19.9. The van der Waals surface area contributed by atoms with Gasteiger partial charge in [0.05, 0.1) is 25.1 Å². The van der Waals surface area contributed by atoms with Gasteiger partial charge in [0.1, 0.15) is 11.3 Å². The third-order valence-electron chi connectivity index (χ3n) is 5.21. The van der Waals surface area contributed by atoms with Crippen molar-refractivity contribution in [1.82, 2.24) is 34.5 Å². The predicted molar refractivity (Wildman–Crippen MR) is 129 cm³/mol. The number of carbonyl (C=O) groups excluding carboxylic acids is 1. The Balaban J connectivity index is 1.55. The summed E-state index contributed by atoms with van der Waals surface area (Å²) in [7, 11) is 1.86. The molecule has 0 amide bonds. The van der Waals surface area contributed by atoms with Crippen LogP contribution < -0.4 is 4.84 Å². The van der Waals surface area contributed by atoms with E-state index in [9.17, 15) is 4.79 Å². The first-order valence-electron chi connectivity index (χ1n) is 11.1. The zero-order chi connectivity index (χ0) is 24.6. The van der Waals surface area contributed by atoms with Crippen molar-refractivity contribution in [3.05, 3.63) is 72.9 Å². The van der Waals surface area contributed by atoms with Gasteiger partial charge < -0.3 is 4.74 Å². The number of carbonyl (C=O) groups is 1. The molecule has 178 valence electrons. The van der Waals surface area contributed by atoms with Crippen LogP contribution in [0.15, 0.2) is 67.4 Å². The lowest BCUT2D eigenvalue weighted by Gasteiger charge is -2.18. The Morgan fingerprint density at radius 2 is 1.83 bits per heavy atom. The monoisotopic (exact) mass is 471 g/mol. The van der Waals surface area contributed by atoms with E-state index in [4.69, 9.17) is 9.57 Å². The highest BCUT2D eigenvalue weighted by molar-refractivity contribution is 5.95. The molecule has 4 aromatic heterocycles. The van der Waals surface area contributed by atoms with Gasteiger partial charge in [-0.2, -0.15) is 9.83 Å². The quantitative estimate of drug-likeness (QED) is 0.356. The molecule has 0 bridgehead atoms. The summed E-state index contributed by atoms with van der Waals surface area (Å²) < 4.78 is 10.1. The van der Waals surface area contributed by atoms with Crippen LogP contribution in [0.4, 0.5) is 4.79 Å². The highest BCUT2D eigenvalue weighted by Gasteiger charge is 2.22. The smallest absolute Gasteiger partial charge is 0.427 e. The highest BCUT2D eigenvalue weighted by atomic mass is 16.8. The molecule has 0 radical (unpaired) electrons. The van der Waals surface area contributed by atoms with E-state index in [2.05, 4.69) is 20.4 Å². The van der Waals surface area contributed by atoms with Crippen LogP contribution in [-0.4, -0.2) is 46.2 Å². The molecule has 0 aliphatic carbocycles. The van der Waals surface area contributed by atoms with E-state index in [1.165, 1.54) is 4.73 Å². The molecular formula is C25H25N7O3. The largest absolute Gasteiger partial charge is 0.534 e. The average Bonchev–Trinajstić information content (AvgIpc) is 3.52. The van der Waals surface area contributed by atoms with E-state index in [0.717, 1.165) is 27.6 Å². The van der Waals surface area contributed by atoms with Crippen molar-refractivity contribution in [2.24, 2.45) is 7.05 Å². The molecule has 0 atom stereocenters. The van der Waals surface area contributed by atoms with Gasteiger partial charge >= 0.3 is 6.16 Å². The number of rotatable bonds is 5. The van der Waals surface area contributed by atoms with Crippen LogP contribution in [0.25, 0.3) is 33.4 Å². The second-order valence-electron chi connectivity index (χ2n) is 9.21. The van der Waals surface area contributed by atoms with E-state index in [1.807, 2.05) is 55.8 Å². The maximum Gasteiger partial charge on any atom is 0.534 e. The lowest BCUT2D eigenvalue weighted by Crippen LogP contribution is -2.29. The van der Waals surface area contributed by atoms with Crippen LogP contribution >= 0.6 is 0 Å². The fourth-order valence-corrected chi connectivity index (χ4v) is 3.70. The third-order valence-corrected chi connectivity index (χ3v) is 5.21. The summed E-state index contributed by atoms with van der Waals surface area (Å²) in [5, 5.41) is 13.7.